The summed E-state index contributed by atoms with van der Waals surface area (Å²) in [5.74, 6) is -0.725. The van der Waals surface area contributed by atoms with Crippen molar-refractivity contribution in [1.82, 2.24) is 0 Å². The second kappa shape index (κ2) is 7.87. The fraction of sp³-hybridized carbons (Fsp3) is 0.529. The summed E-state index contributed by atoms with van der Waals surface area (Å²) >= 11 is 7.27. The highest BCUT2D eigenvalue weighted by Crippen LogP contribution is 2.44. The number of carbonyl (C=O) groups is 1. The Balaban J connectivity index is 2.05. The third kappa shape index (κ3) is 4.49. The number of hydrogen-bond acceptors (Lipinski definition) is 4. The van der Waals surface area contributed by atoms with Gasteiger partial charge in [-0.15, -0.1) is 0 Å². The SMILES string of the molecule is CCCCC(=O)N=C1S[C@H]2CS(=O)(=O)C[C@H]2N1c1cc(C(F)(F)F)ccc1Cl. The van der Waals surface area contributed by atoms with Crippen molar-refractivity contribution in [2.75, 3.05) is 16.4 Å². The molecule has 0 saturated carbocycles. The highest BCUT2D eigenvalue weighted by Gasteiger charge is 2.50. The molecule has 2 heterocycles. The molecular weight excluding hydrogens is 437 g/mol. The number of alkyl halides is 3. The molecule has 0 bridgehead atoms. The predicted molar refractivity (Wildman–Crippen MR) is 105 cm³/mol. The van der Waals surface area contributed by atoms with Crippen LogP contribution in [0.25, 0.3) is 0 Å². The molecule has 28 heavy (non-hydrogen) atoms. The van der Waals surface area contributed by atoms with Crippen LogP contribution in [0.1, 0.15) is 31.7 Å². The molecule has 2 fully saturated rings. The monoisotopic (exact) mass is 454 g/mol. The van der Waals surface area contributed by atoms with Crippen molar-refractivity contribution < 1.29 is 26.4 Å². The van der Waals surface area contributed by atoms with Crippen LogP contribution in [0.15, 0.2) is 23.2 Å². The number of aliphatic imine (C=N–C) groups is 1. The molecule has 1 aromatic rings. The summed E-state index contributed by atoms with van der Waals surface area (Å²) in [6.45, 7) is 1.93. The standard InChI is InChI=1S/C17H18ClF3N2O3S2/c1-2-3-4-15(24)22-16-23(13-8-28(25,26)9-14(13)27-16)12-7-10(17(19,20)21)5-6-11(12)18/h5-7,13-14H,2-4,8-9H2,1H3/t13-,14+/m1/s1. The molecule has 0 N–H and O–H groups in total. The number of unbranched alkanes of at least 4 members (excludes halogenated alkanes) is 1. The average Bonchev–Trinajstić information content (AvgIpc) is 3.03. The lowest BCUT2D eigenvalue weighted by Crippen LogP contribution is -2.38. The minimum absolute atomic E-state index is 0.00985. The van der Waals surface area contributed by atoms with Crippen molar-refractivity contribution >= 4 is 50.0 Å². The number of carbonyl (C=O) groups excluding carboxylic acids is 1. The summed E-state index contributed by atoms with van der Waals surface area (Å²) in [6.07, 6.45) is -2.91. The van der Waals surface area contributed by atoms with Crippen LogP contribution in [0.3, 0.4) is 0 Å². The zero-order chi connectivity index (χ0) is 20.7. The summed E-state index contributed by atoms with van der Waals surface area (Å²) < 4.78 is 63.6. The fourth-order valence-corrected chi connectivity index (χ4v) is 7.34. The van der Waals surface area contributed by atoms with E-state index in [9.17, 15) is 26.4 Å². The lowest BCUT2D eigenvalue weighted by atomic mass is 10.1. The van der Waals surface area contributed by atoms with E-state index in [2.05, 4.69) is 4.99 Å². The molecule has 154 valence electrons. The first kappa shape index (κ1) is 21.4. The van der Waals surface area contributed by atoms with Gasteiger partial charge >= 0.3 is 6.18 Å². The molecule has 11 heteroatoms. The first-order valence-electron chi connectivity index (χ1n) is 8.66. The van der Waals surface area contributed by atoms with Gasteiger partial charge < -0.3 is 4.90 Å². The highest BCUT2D eigenvalue weighted by atomic mass is 35.5. The van der Waals surface area contributed by atoms with Crippen molar-refractivity contribution in [3.05, 3.63) is 28.8 Å². The third-order valence-corrected chi connectivity index (χ3v) is 8.09. The fourth-order valence-electron chi connectivity index (χ4n) is 3.21. The van der Waals surface area contributed by atoms with Crippen molar-refractivity contribution in [3.8, 4) is 0 Å². The molecule has 0 aromatic heterocycles. The quantitative estimate of drug-likeness (QED) is 0.683. The second-order valence-corrected chi connectivity index (χ2v) is 10.5. The van der Waals surface area contributed by atoms with Gasteiger partial charge in [0.25, 0.3) is 0 Å². The average molecular weight is 455 g/mol. The van der Waals surface area contributed by atoms with Gasteiger partial charge in [0, 0.05) is 11.7 Å². The maximum Gasteiger partial charge on any atom is 0.416 e. The largest absolute Gasteiger partial charge is 0.416 e. The van der Waals surface area contributed by atoms with E-state index in [0.29, 0.717) is 6.42 Å². The van der Waals surface area contributed by atoms with Gasteiger partial charge in [0.05, 0.1) is 33.8 Å². The van der Waals surface area contributed by atoms with Crippen LogP contribution in [0.4, 0.5) is 18.9 Å². The topological polar surface area (TPSA) is 66.8 Å². The molecule has 1 aromatic carbocycles. The van der Waals surface area contributed by atoms with E-state index < -0.39 is 32.9 Å². The molecule has 5 nitrogen and oxygen atoms in total. The van der Waals surface area contributed by atoms with E-state index in [4.69, 9.17) is 11.6 Å². The highest BCUT2D eigenvalue weighted by molar-refractivity contribution is 8.16. The predicted octanol–water partition coefficient (Wildman–Crippen LogP) is 4.15. The smallest absolute Gasteiger partial charge is 0.314 e. The van der Waals surface area contributed by atoms with Crippen molar-refractivity contribution in [3.63, 3.8) is 0 Å². The number of fused-ring (bicyclic) bond motifs is 1. The number of sulfone groups is 1. The molecule has 3 rings (SSSR count). The number of amidine groups is 1. The maximum atomic E-state index is 13.2. The summed E-state index contributed by atoms with van der Waals surface area (Å²) in [4.78, 5) is 17.6. The molecule has 2 saturated heterocycles. The van der Waals surface area contributed by atoms with Gasteiger partial charge in [0.2, 0.25) is 5.91 Å². The van der Waals surface area contributed by atoms with Gasteiger partial charge in [0.15, 0.2) is 15.0 Å². The number of nitrogens with zero attached hydrogens (tertiary/aromatic N) is 2. The zero-order valence-electron chi connectivity index (χ0n) is 14.9. The van der Waals surface area contributed by atoms with Gasteiger partial charge in [-0.25, -0.2) is 8.42 Å². The van der Waals surface area contributed by atoms with Gasteiger partial charge in [-0.2, -0.15) is 18.2 Å². The molecule has 2 aliphatic heterocycles. The molecule has 1 amide bonds. The number of hydrogen-bond donors (Lipinski definition) is 0. The van der Waals surface area contributed by atoms with E-state index in [-0.39, 0.29) is 39.7 Å². The Morgan fingerprint density at radius 1 is 1.36 bits per heavy atom. The Bertz CT molecular complexity index is 919. The van der Waals surface area contributed by atoms with E-state index in [1.807, 2.05) is 6.92 Å². The first-order valence-corrected chi connectivity index (χ1v) is 11.7. The van der Waals surface area contributed by atoms with Gasteiger partial charge in [-0.3, -0.25) is 4.79 Å². The summed E-state index contributed by atoms with van der Waals surface area (Å²) in [6, 6.07) is 2.25. The van der Waals surface area contributed by atoms with Crippen LogP contribution >= 0.6 is 23.4 Å². The maximum absolute atomic E-state index is 13.2. The Morgan fingerprint density at radius 2 is 2.07 bits per heavy atom. The molecule has 0 aliphatic carbocycles. The van der Waals surface area contributed by atoms with E-state index in [1.54, 1.807) is 0 Å². The normalized spacial score (nSPS) is 25.3. The van der Waals surface area contributed by atoms with E-state index in [1.165, 1.54) is 4.90 Å². The zero-order valence-corrected chi connectivity index (χ0v) is 17.3. The van der Waals surface area contributed by atoms with Gasteiger partial charge in [-0.1, -0.05) is 36.7 Å². The molecule has 2 atom stereocenters. The van der Waals surface area contributed by atoms with Crippen molar-refractivity contribution in [2.45, 2.75) is 43.7 Å². The first-order chi connectivity index (χ1) is 13.0. The summed E-state index contributed by atoms with van der Waals surface area (Å²) in [7, 11) is -3.33. The Hall–Kier alpha value is -1.26. The molecule has 0 spiro atoms. The van der Waals surface area contributed by atoms with Crippen LogP contribution in [0.2, 0.25) is 5.02 Å². The van der Waals surface area contributed by atoms with Gasteiger partial charge in [0.1, 0.15) is 0 Å². The minimum atomic E-state index is -4.58. The van der Waals surface area contributed by atoms with Crippen molar-refractivity contribution in [2.24, 2.45) is 4.99 Å². The second-order valence-electron chi connectivity index (χ2n) is 6.73. The van der Waals surface area contributed by atoms with Crippen LogP contribution in [0.5, 0.6) is 0 Å². The van der Waals surface area contributed by atoms with E-state index in [0.717, 1.165) is 36.4 Å². The van der Waals surface area contributed by atoms with Crippen molar-refractivity contribution in [1.29, 1.82) is 0 Å². The van der Waals surface area contributed by atoms with Gasteiger partial charge in [-0.05, 0) is 24.6 Å². The Morgan fingerprint density at radius 3 is 2.71 bits per heavy atom. The lowest BCUT2D eigenvalue weighted by Gasteiger charge is -2.26. The summed E-state index contributed by atoms with van der Waals surface area (Å²) in [5, 5.41) is -0.173. The van der Waals surface area contributed by atoms with Crippen LogP contribution in [-0.2, 0) is 20.8 Å². The molecular formula is C17H18ClF3N2O3S2. The van der Waals surface area contributed by atoms with E-state index >= 15 is 0 Å². The molecule has 0 unspecified atom stereocenters. The number of halogens is 4. The number of benzene rings is 1. The number of anilines is 1. The van der Waals surface area contributed by atoms with Crippen LogP contribution in [0, 0.1) is 0 Å². The van der Waals surface area contributed by atoms with Crippen LogP contribution in [-0.4, -0.2) is 42.3 Å². The molecule has 2 aliphatic rings. The Kier molecular flexibility index (Phi) is 6.03. The lowest BCUT2D eigenvalue weighted by molar-refractivity contribution is -0.137. The number of rotatable bonds is 4. The minimum Gasteiger partial charge on any atom is -0.314 e. The third-order valence-electron chi connectivity index (χ3n) is 4.56. The summed E-state index contributed by atoms with van der Waals surface area (Å²) in [5.41, 5.74) is -0.895. The molecule has 0 radical (unpaired) electrons. The number of thioether (sulfide) groups is 1. The Labute approximate surface area is 170 Å². The number of amides is 1. The van der Waals surface area contributed by atoms with Crippen LogP contribution < -0.4 is 4.90 Å².